The Balaban J connectivity index is 2.40. The first-order chi connectivity index (χ1) is 7.47. The molecule has 5 nitrogen and oxygen atoms in total. The van der Waals surface area contributed by atoms with Crippen molar-refractivity contribution in [3.63, 3.8) is 0 Å². The normalized spacial score (nSPS) is 13.9. The Morgan fingerprint density at radius 2 is 1.94 bits per heavy atom. The first-order valence-electron chi connectivity index (χ1n) is 4.58. The molecule has 0 aliphatic carbocycles. The van der Waals surface area contributed by atoms with Crippen molar-refractivity contribution in [1.29, 1.82) is 0 Å². The Bertz CT molecular complexity index is 383. The van der Waals surface area contributed by atoms with Crippen LogP contribution in [0.25, 0.3) is 6.08 Å². The monoisotopic (exact) mass is 244 g/mol. The lowest BCUT2D eigenvalue weighted by Gasteiger charge is -2.12. The van der Waals surface area contributed by atoms with Crippen molar-refractivity contribution in [3.8, 4) is 0 Å². The minimum Gasteiger partial charge on any atom is -0.472 e. The molecule has 1 aromatic rings. The molecular formula is C10H13O5P. The van der Waals surface area contributed by atoms with Gasteiger partial charge in [-0.1, -0.05) is 30.3 Å². The molecule has 0 radical (unpaired) electrons. The van der Waals surface area contributed by atoms with Gasteiger partial charge in [-0.3, -0.25) is 0 Å². The third-order valence-corrected chi connectivity index (χ3v) is 2.19. The summed E-state index contributed by atoms with van der Waals surface area (Å²) in [6, 6.07) is 9.37. The number of hydrogen-bond acceptors (Lipinski definition) is 3. The molecule has 0 fully saturated rings. The second kappa shape index (κ2) is 5.82. The van der Waals surface area contributed by atoms with Crippen LogP contribution in [-0.2, 0) is 13.8 Å². The van der Waals surface area contributed by atoms with Crippen molar-refractivity contribution in [2.75, 3.05) is 0 Å². The lowest BCUT2D eigenvalue weighted by molar-refractivity contribution is -0.0313. The van der Waals surface area contributed by atoms with Gasteiger partial charge in [0.05, 0.1) is 6.26 Å². The average Bonchev–Trinajstić information content (AvgIpc) is 2.16. The zero-order chi connectivity index (χ0) is 12.0. The second-order valence-electron chi connectivity index (χ2n) is 3.01. The van der Waals surface area contributed by atoms with Gasteiger partial charge < -0.3 is 14.5 Å². The lowest BCUT2D eigenvalue weighted by atomic mass is 10.2. The van der Waals surface area contributed by atoms with Crippen molar-refractivity contribution < 1.29 is 23.6 Å². The first kappa shape index (κ1) is 12.9. The Morgan fingerprint density at radius 1 is 1.31 bits per heavy atom. The van der Waals surface area contributed by atoms with Gasteiger partial charge in [-0.25, -0.2) is 9.09 Å². The largest absolute Gasteiger partial charge is 0.472 e. The molecule has 88 valence electrons. The molecule has 1 aromatic carbocycles. The summed E-state index contributed by atoms with van der Waals surface area (Å²) in [6.45, 7) is 1.40. The van der Waals surface area contributed by atoms with E-state index in [-0.39, 0.29) is 0 Å². The highest BCUT2D eigenvalue weighted by molar-refractivity contribution is 7.46. The quantitative estimate of drug-likeness (QED) is 0.471. The van der Waals surface area contributed by atoms with Crippen LogP contribution in [0.3, 0.4) is 0 Å². The molecule has 6 heteroatoms. The van der Waals surface area contributed by atoms with E-state index in [0.29, 0.717) is 0 Å². The molecular weight excluding hydrogens is 231 g/mol. The highest BCUT2D eigenvalue weighted by Gasteiger charge is 2.18. The van der Waals surface area contributed by atoms with Crippen LogP contribution in [0.5, 0.6) is 0 Å². The Hall–Kier alpha value is -1.13. The minimum atomic E-state index is -4.49. The fourth-order valence-electron chi connectivity index (χ4n) is 1.01. The SMILES string of the molecule is CC(OC=Cc1ccccc1)OP(=O)(O)O. The van der Waals surface area contributed by atoms with Crippen LogP contribution < -0.4 is 0 Å². The topological polar surface area (TPSA) is 76.0 Å². The Labute approximate surface area is 93.6 Å². The summed E-state index contributed by atoms with van der Waals surface area (Å²) in [6.07, 6.45) is 2.00. The van der Waals surface area contributed by atoms with Gasteiger partial charge in [0, 0.05) is 0 Å². The molecule has 0 heterocycles. The Kier molecular flexibility index (Phi) is 4.71. The molecule has 2 N–H and O–H groups in total. The molecule has 0 bridgehead atoms. The number of phosphoric acid groups is 1. The van der Waals surface area contributed by atoms with Gasteiger partial charge in [0.2, 0.25) is 6.29 Å². The smallest absolute Gasteiger partial charge is 0.472 e. The third kappa shape index (κ3) is 5.68. The predicted molar refractivity (Wildman–Crippen MR) is 59.2 cm³/mol. The third-order valence-electron chi connectivity index (χ3n) is 1.62. The van der Waals surface area contributed by atoms with Gasteiger partial charge in [0.15, 0.2) is 0 Å². The maximum Gasteiger partial charge on any atom is 0.472 e. The fourth-order valence-corrected chi connectivity index (χ4v) is 1.45. The predicted octanol–water partition coefficient (Wildman–Crippen LogP) is 2.13. The van der Waals surface area contributed by atoms with Crippen molar-refractivity contribution in [1.82, 2.24) is 0 Å². The van der Waals surface area contributed by atoms with E-state index in [4.69, 9.17) is 14.5 Å². The molecule has 0 amide bonds. The molecule has 0 saturated heterocycles. The van der Waals surface area contributed by atoms with Crippen molar-refractivity contribution in [2.24, 2.45) is 0 Å². The van der Waals surface area contributed by atoms with Crippen LogP contribution in [0.4, 0.5) is 0 Å². The standard InChI is InChI=1S/C10H13O5P/c1-9(15-16(11,12)13)14-8-7-10-5-3-2-4-6-10/h2-9H,1H3,(H2,11,12,13). The van der Waals surface area contributed by atoms with Crippen LogP contribution in [0.15, 0.2) is 36.6 Å². The van der Waals surface area contributed by atoms with Crippen LogP contribution in [-0.4, -0.2) is 16.1 Å². The van der Waals surface area contributed by atoms with E-state index in [0.717, 1.165) is 5.56 Å². The summed E-state index contributed by atoms with van der Waals surface area (Å²) in [7, 11) is -4.49. The number of ether oxygens (including phenoxy) is 1. The summed E-state index contributed by atoms with van der Waals surface area (Å²) in [5, 5.41) is 0. The maximum atomic E-state index is 10.4. The zero-order valence-corrected chi connectivity index (χ0v) is 9.58. The van der Waals surface area contributed by atoms with Gasteiger partial charge in [0.25, 0.3) is 0 Å². The second-order valence-corrected chi connectivity index (χ2v) is 4.21. The van der Waals surface area contributed by atoms with E-state index >= 15 is 0 Å². The van der Waals surface area contributed by atoms with Crippen LogP contribution >= 0.6 is 7.82 Å². The van der Waals surface area contributed by atoms with E-state index in [1.54, 1.807) is 6.08 Å². The van der Waals surface area contributed by atoms with Crippen LogP contribution in [0, 0.1) is 0 Å². The zero-order valence-electron chi connectivity index (χ0n) is 8.69. The molecule has 0 aliphatic heterocycles. The summed E-state index contributed by atoms with van der Waals surface area (Å²) < 4.78 is 19.6. The van der Waals surface area contributed by atoms with Gasteiger partial charge in [-0.05, 0) is 18.6 Å². The van der Waals surface area contributed by atoms with Crippen molar-refractivity contribution >= 4 is 13.9 Å². The highest BCUT2D eigenvalue weighted by Crippen LogP contribution is 2.37. The van der Waals surface area contributed by atoms with Crippen LogP contribution in [0.2, 0.25) is 0 Å². The number of rotatable bonds is 5. The van der Waals surface area contributed by atoms with Gasteiger partial charge in [0.1, 0.15) is 0 Å². The minimum absolute atomic E-state index is 0.922. The van der Waals surface area contributed by atoms with Gasteiger partial charge in [-0.15, -0.1) is 0 Å². The van der Waals surface area contributed by atoms with Gasteiger partial charge in [-0.2, -0.15) is 0 Å². The molecule has 0 spiro atoms. The van der Waals surface area contributed by atoms with E-state index in [2.05, 4.69) is 4.52 Å². The van der Waals surface area contributed by atoms with E-state index in [9.17, 15) is 4.57 Å². The highest BCUT2D eigenvalue weighted by atomic mass is 31.2. The number of phosphoric ester groups is 1. The van der Waals surface area contributed by atoms with E-state index in [1.165, 1.54) is 13.2 Å². The molecule has 0 saturated carbocycles. The molecule has 0 aliphatic rings. The Morgan fingerprint density at radius 3 is 2.50 bits per heavy atom. The summed E-state index contributed by atoms with van der Waals surface area (Å²) in [4.78, 5) is 17.0. The summed E-state index contributed by atoms with van der Waals surface area (Å²) >= 11 is 0. The molecule has 0 aromatic heterocycles. The number of hydrogen-bond donors (Lipinski definition) is 2. The summed E-state index contributed by atoms with van der Waals surface area (Å²) in [5.74, 6) is 0. The molecule has 16 heavy (non-hydrogen) atoms. The average molecular weight is 244 g/mol. The van der Waals surface area contributed by atoms with E-state index in [1.807, 2.05) is 30.3 Å². The molecule has 1 rings (SSSR count). The van der Waals surface area contributed by atoms with Crippen LogP contribution in [0.1, 0.15) is 12.5 Å². The van der Waals surface area contributed by atoms with Crippen molar-refractivity contribution in [3.05, 3.63) is 42.2 Å². The maximum absolute atomic E-state index is 10.4. The van der Waals surface area contributed by atoms with Gasteiger partial charge >= 0.3 is 7.82 Å². The summed E-state index contributed by atoms with van der Waals surface area (Å²) in [5.41, 5.74) is 0.922. The number of benzene rings is 1. The lowest BCUT2D eigenvalue weighted by Crippen LogP contribution is -2.07. The first-order valence-corrected chi connectivity index (χ1v) is 6.11. The van der Waals surface area contributed by atoms with Crippen molar-refractivity contribution in [2.45, 2.75) is 13.2 Å². The molecule has 1 unspecified atom stereocenters. The molecule has 1 atom stereocenters. The fraction of sp³-hybridized carbons (Fsp3) is 0.200. The van der Waals surface area contributed by atoms with E-state index < -0.39 is 14.1 Å².